The van der Waals surface area contributed by atoms with Crippen molar-refractivity contribution in [2.45, 2.75) is 26.5 Å². The standard InChI is InChI=1S/C31H25ClN2O6S/c1-3-37-30(36)27-18(2)33-31-34(28(27)21-9-12-24-25(15-21)40-17-39-24)29(35)26(41-31)14-20-5-4-6-23(13-20)38-16-19-7-10-22(32)11-8-19/h4-15,28H,3,16-17H2,1-2H3/b26-14-/t28-/m1/s1. The Bertz CT molecular complexity index is 1860. The molecule has 0 amide bonds. The molecule has 0 spiro atoms. The van der Waals surface area contributed by atoms with Crippen molar-refractivity contribution in [1.29, 1.82) is 0 Å². The van der Waals surface area contributed by atoms with Crippen LogP contribution in [-0.2, 0) is 16.1 Å². The van der Waals surface area contributed by atoms with Crippen LogP contribution < -0.4 is 29.1 Å². The highest BCUT2D eigenvalue weighted by atomic mass is 35.5. The van der Waals surface area contributed by atoms with Gasteiger partial charge in [0.1, 0.15) is 12.4 Å². The van der Waals surface area contributed by atoms with Gasteiger partial charge in [-0.15, -0.1) is 0 Å². The molecule has 3 aromatic carbocycles. The van der Waals surface area contributed by atoms with Gasteiger partial charge in [-0.2, -0.15) is 0 Å². The van der Waals surface area contributed by atoms with E-state index in [9.17, 15) is 9.59 Å². The molecule has 0 aliphatic carbocycles. The molecule has 2 aliphatic heterocycles. The highest BCUT2D eigenvalue weighted by molar-refractivity contribution is 7.07. The highest BCUT2D eigenvalue weighted by Gasteiger charge is 2.34. The third-order valence-corrected chi connectivity index (χ3v) is 7.94. The van der Waals surface area contributed by atoms with E-state index in [1.54, 1.807) is 36.6 Å². The number of ether oxygens (including phenoxy) is 4. The first-order valence-corrected chi connectivity index (χ1v) is 14.2. The smallest absolute Gasteiger partial charge is 0.338 e. The molecule has 4 aromatic rings. The zero-order chi connectivity index (χ0) is 28.5. The van der Waals surface area contributed by atoms with Gasteiger partial charge < -0.3 is 18.9 Å². The maximum atomic E-state index is 13.9. The van der Waals surface area contributed by atoms with E-state index in [0.717, 1.165) is 11.1 Å². The second-order valence-electron chi connectivity index (χ2n) is 9.40. The third kappa shape index (κ3) is 5.38. The Hall–Kier alpha value is -4.34. The average Bonchev–Trinajstić information content (AvgIpc) is 3.56. The minimum absolute atomic E-state index is 0.115. The minimum atomic E-state index is -0.740. The van der Waals surface area contributed by atoms with Crippen molar-refractivity contribution >= 4 is 35.0 Å². The number of benzene rings is 3. The number of carbonyl (C=O) groups is 1. The summed E-state index contributed by atoms with van der Waals surface area (Å²) in [6.45, 7) is 4.19. The van der Waals surface area contributed by atoms with Crippen molar-refractivity contribution in [2.75, 3.05) is 13.4 Å². The van der Waals surface area contributed by atoms with E-state index in [2.05, 4.69) is 4.99 Å². The van der Waals surface area contributed by atoms with Crippen LogP contribution in [0.5, 0.6) is 17.2 Å². The van der Waals surface area contributed by atoms with Gasteiger partial charge in [0.2, 0.25) is 6.79 Å². The van der Waals surface area contributed by atoms with Crippen molar-refractivity contribution < 1.29 is 23.7 Å². The molecule has 0 unspecified atom stereocenters. The van der Waals surface area contributed by atoms with Crippen LogP contribution in [0.3, 0.4) is 0 Å². The van der Waals surface area contributed by atoms with Gasteiger partial charge in [0, 0.05) is 5.02 Å². The van der Waals surface area contributed by atoms with Gasteiger partial charge in [0.05, 0.1) is 28.5 Å². The first-order chi connectivity index (χ1) is 19.9. The monoisotopic (exact) mass is 588 g/mol. The van der Waals surface area contributed by atoms with Gasteiger partial charge in [0.25, 0.3) is 5.56 Å². The SMILES string of the molecule is CCOC(=O)C1=C(C)N=c2s/c(=C\c3cccc(OCc4ccc(Cl)cc4)c3)c(=O)n2[C@@H]1c1ccc2c(c1)OCO2. The van der Waals surface area contributed by atoms with E-state index in [-0.39, 0.29) is 19.0 Å². The number of aromatic nitrogens is 1. The molecule has 1 aromatic heterocycles. The van der Waals surface area contributed by atoms with Gasteiger partial charge in [-0.1, -0.05) is 53.3 Å². The maximum absolute atomic E-state index is 13.9. The zero-order valence-electron chi connectivity index (χ0n) is 22.3. The summed E-state index contributed by atoms with van der Waals surface area (Å²) in [4.78, 5) is 32.2. The number of hydrogen-bond donors (Lipinski definition) is 0. The second-order valence-corrected chi connectivity index (χ2v) is 10.8. The molecule has 10 heteroatoms. The predicted molar refractivity (Wildman–Crippen MR) is 155 cm³/mol. The van der Waals surface area contributed by atoms with Crippen molar-refractivity contribution in [1.82, 2.24) is 4.57 Å². The molecule has 0 bridgehead atoms. The van der Waals surface area contributed by atoms with Crippen LogP contribution >= 0.6 is 22.9 Å². The van der Waals surface area contributed by atoms with Gasteiger partial charge in [-0.25, -0.2) is 9.79 Å². The normalized spacial score (nSPS) is 15.9. The number of thiazole rings is 1. The van der Waals surface area contributed by atoms with Crippen molar-refractivity contribution in [2.24, 2.45) is 4.99 Å². The first kappa shape index (κ1) is 26.9. The Morgan fingerprint density at radius 3 is 2.73 bits per heavy atom. The Labute approximate surface area is 244 Å². The summed E-state index contributed by atoms with van der Waals surface area (Å²) >= 11 is 7.24. The van der Waals surface area contributed by atoms with Gasteiger partial charge in [0.15, 0.2) is 16.3 Å². The zero-order valence-corrected chi connectivity index (χ0v) is 23.8. The van der Waals surface area contributed by atoms with Crippen LogP contribution in [0, 0.1) is 0 Å². The average molecular weight is 589 g/mol. The molecule has 208 valence electrons. The molecule has 0 radical (unpaired) electrons. The van der Waals surface area contributed by atoms with Crippen molar-refractivity contribution in [3.63, 3.8) is 0 Å². The quantitative estimate of drug-likeness (QED) is 0.289. The van der Waals surface area contributed by atoms with Crippen molar-refractivity contribution in [3.8, 4) is 17.2 Å². The molecule has 0 fully saturated rings. The van der Waals surface area contributed by atoms with Crippen LogP contribution in [0.25, 0.3) is 6.08 Å². The van der Waals surface area contributed by atoms with Crippen LogP contribution in [0.1, 0.15) is 36.6 Å². The molecule has 0 N–H and O–H groups in total. The lowest BCUT2D eigenvalue weighted by atomic mass is 9.95. The molecule has 3 heterocycles. The van der Waals surface area contributed by atoms with Crippen LogP contribution in [-0.4, -0.2) is 23.9 Å². The molecule has 6 rings (SSSR count). The Morgan fingerprint density at radius 1 is 1.12 bits per heavy atom. The molecular weight excluding hydrogens is 564 g/mol. The molecule has 8 nitrogen and oxygen atoms in total. The van der Waals surface area contributed by atoms with E-state index in [1.165, 1.54) is 11.3 Å². The van der Waals surface area contributed by atoms with Crippen molar-refractivity contribution in [3.05, 3.63) is 119 Å². The highest BCUT2D eigenvalue weighted by Crippen LogP contribution is 2.38. The first-order valence-electron chi connectivity index (χ1n) is 13.0. The van der Waals surface area contributed by atoms with Crippen LogP contribution in [0.2, 0.25) is 5.02 Å². The lowest BCUT2D eigenvalue weighted by Gasteiger charge is -2.24. The largest absolute Gasteiger partial charge is 0.489 e. The van der Waals surface area contributed by atoms with E-state index in [1.807, 2.05) is 54.6 Å². The molecule has 0 saturated carbocycles. The molecular formula is C31H25ClN2O6S. The maximum Gasteiger partial charge on any atom is 0.338 e. The Morgan fingerprint density at radius 2 is 1.93 bits per heavy atom. The number of fused-ring (bicyclic) bond motifs is 2. The summed E-state index contributed by atoms with van der Waals surface area (Å²) in [6, 6.07) is 19.6. The Kier molecular flexibility index (Phi) is 7.38. The summed E-state index contributed by atoms with van der Waals surface area (Å²) in [7, 11) is 0. The second kappa shape index (κ2) is 11.3. The summed E-state index contributed by atoms with van der Waals surface area (Å²) < 4.78 is 24.4. The summed E-state index contributed by atoms with van der Waals surface area (Å²) in [5.74, 6) is 1.31. The van der Waals surface area contributed by atoms with Crippen LogP contribution in [0.15, 0.2) is 87.8 Å². The number of halogens is 1. The van der Waals surface area contributed by atoms with Gasteiger partial charge in [-0.05, 0) is 73.0 Å². The van der Waals surface area contributed by atoms with E-state index in [4.69, 9.17) is 30.5 Å². The van der Waals surface area contributed by atoms with E-state index < -0.39 is 12.0 Å². The topological polar surface area (TPSA) is 88.4 Å². The van der Waals surface area contributed by atoms with Crippen LogP contribution in [0.4, 0.5) is 0 Å². The summed E-state index contributed by atoms with van der Waals surface area (Å²) in [5, 5.41) is 0.669. The lowest BCUT2D eigenvalue weighted by Crippen LogP contribution is -2.39. The van der Waals surface area contributed by atoms with E-state index >= 15 is 0 Å². The fraction of sp³-hybridized carbons (Fsp3) is 0.194. The number of allylic oxidation sites excluding steroid dienone is 1. The number of rotatable bonds is 7. The molecule has 1 atom stereocenters. The molecule has 2 aliphatic rings. The fourth-order valence-electron chi connectivity index (χ4n) is 4.78. The summed E-state index contributed by atoms with van der Waals surface area (Å²) in [5.41, 5.74) is 3.02. The van der Waals surface area contributed by atoms with Gasteiger partial charge in [-0.3, -0.25) is 9.36 Å². The number of carbonyl (C=O) groups excluding carboxylic acids is 1. The minimum Gasteiger partial charge on any atom is -0.489 e. The predicted octanol–water partition coefficient (Wildman–Crippen LogP) is 4.76. The fourth-order valence-corrected chi connectivity index (χ4v) is 5.96. The summed E-state index contributed by atoms with van der Waals surface area (Å²) in [6.07, 6.45) is 1.80. The number of esters is 1. The van der Waals surface area contributed by atoms with Gasteiger partial charge >= 0.3 is 5.97 Å². The van der Waals surface area contributed by atoms with E-state index in [0.29, 0.717) is 55.0 Å². The Balaban J connectivity index is 1.39. The third-order valence-electron chi connectivity index (χ3n) is 6.70. The molecule has 41 heavy (non-hydrogen) atoms. The lowest BCUT2D eigenvalue weighted by molar-refractivity contribution is -0.139. The number of nitrogens with zero attached hydrogens (tertiary/aromatic N) is 2. The molecule has 0 saturated heterocycles. The number of hydrogen-bond acceptors (Lipinski definition) is 8.